The highest BCUT2D eigenvalue weighted by Gasteiger charge is 2.11. The molecule has 0 spiro atoms. The zero-order valence-electron chi connectivity index (χ0n) is 10.5. The highest BCUT2D eigenvalue weighted by atomic mass is 79.9. The summed E-state index contributed by atoms with van der Waals surface area (Å²) in [6, 6.07) is 18.9. The summed E-state index contributed by atoms with van der Waals surface area (Å²) < 4.78 is 1.13. The van der Waals surface area contributed by atoms with E-state index < -0.39 is 0 Å². The number of thiol groups is 1. The van der Waals surface area contributed by atoms with E-state index in [2.05, 4.69) is 71.9 Å². The molecule has 0 nitrogen and oxygen atoms in total. The van der Waals surface area contributed by atoms with E-state index in [9.17, 15) is 0 Å². The quantitative estimate of drug-likeness (QED) is 0.531. The van der Waals surface area contributed by atoms with Crippen molar-refractivity contribution in [1.82, 2.24) is 0 Å². The van der Waals surface area contributed by atoms with Gasteiger partial charge in [-0.1, -0.05) is 42.5 Å². The molecule has 0 atom stereocenters. The van der Waals surface area contributed by atoms with Crippen molar-refractivity contribution in [1.29, 1.82) is 0 Å². The average Bonchev–Trinajstić information content (AvgIpc) is 2.43. The predicted octanol–water partition coefficient (Wildman–Crippen LogP) is 5.87. The molecule has 0 aliphatic heterocycles. The van der Waals surface area contributed by atoms with E-state index in [-0.39, 0.29) is 0 Å². The number of halogens is 1. The van der Waals surface area contributed by atoms with Crippen LogP contribution >= 0.6 is 28.6 Å². The Morgan fingerprint density at radius 2 is 1.68 bits per heavy atom. The molecule has 0 bridgehead atoms. The van der Waals surface area contributed by atoms with Crippen molar-refractivity contribution in [2.45, 2.75) is 11.8 Å². The maximum Gasteiger partial charge on any atom is 0.0300 e. The van der Waals surface area contributed by atoms with Crippen LogP contribution in [-0.2, 0) is 0 Å². The average molecular weight is 329 g/mol. The first-order valence-electron chi connectivity index (χ1n) is 6.14. The minimum Gasteiger partial charge on any atom is -0.143 e. The van der Waals surface area contributed by atoms with Gasteiger partial charge in [0.05, 0.1) is 0 Å². The van der Waals surface area contributed by atoms with Crippen molar-refractivity contribution < 1.29 is 0 Å². The van der Waals surface area contributed by atoms with Crippen molar-refractivity contribution in [3.8, 4) is 11.1 Å². The van der Waals surface area contributed by atoms with Gasteiger partial charge in [-0.3, -0.25) is 0 Å². The molecule has 0 aliphatic carbocycles. The summed E-state index contributed by atoms with van der Waals surface area (Å²) in [6.07, 6.45) is 0. The van der Waals surface area contributed by atoms with E-state index in [1.807, 2.05) is 18.2 Å². The molecular formula is C17H13BrS. The molecule has 0 radical (unpaired) electrons. The molecule has 3 rings (SSSR count). The van der Waals surface area contributed by atoms with E-state index in [0.29, 0.717) is 0 Å². The summed E-state index contributed by atoms with van der Waals surface area (Å²) in [6.45, 7) is 2.14. The predicted molar refractivity (Wildman–Crippen MR) is 89.1 cm³/mol. The van der Waals surface area contributed by atoms with E-state index in [0.717, 1.165) is 9.37 Å². The molecule has 0 aromatic heterocycles. The molecule has 3 aromatic carbocycles. The lowest BCUT2D eigenvalue weighted by molar-refractivity contribution is 1.43. The largest absolute Gasteiger partial charge is 0.143 e. The third-order valence-electron chi connectivity index (χ3n) is 3.41. The van der Waals surface area contributed by atoms with E-state index >= 15 is 0 Å². The zero-order chi connectivity index (χ0) is 13.4. The molecule has 0 saturated heterocycles. The number of fused-ring (bicyclic) bond motifs is 1. The Kier molecular flexibility index (Phi) is 3.38. The van der Waals surface area contributed by atoms with Crippen LogP contribution in [0.15, 0.2) is 64.0 Å². The Morgan fingerprint density at radius 1 is 0.947 bits per heavy atom. The van der Waals surface area contributed by atoms with Gasteiger partial charge in [-0.25, -0.2) is 0 Å². The van der Waals surface area contributed by atoms with Gasteiger partial charge in [0.2, 0.25) is 0 Å². The maximum atomic E-state index is 4.56. The standard InChI is InChI=1S/C17H13BrS/c1-11-14(12-6-3-2-4-7-12)10-13-8-5-9-15(19)16(13)17(11)18/h2-10,19H,1H3. The first-order valence-corrected chi connectivity index (χ1v) is 7.38. The van der Waals surface area contributed by atoms with Crippen LogP contribution in [0.4, 0.5) is 0 Å². The van der Waals surface area contributed by atoms with Crippen LogP contribution in [0.25, 0.3) is 21.9 Å². The van der Waals surface area contributed by atoms with Gasteiger partial charge >= 0.3 is 0 Å². The minimum atomic E-state index is 1.01. The summed E-state index contributed by atoms with van der Waals surface area (Å²) in [5.41, 5.74) is 3.76. The fourth-order valence-corrected chi connectivity index (χ4v) is 3.54. The first-order chi connectivity index (χ1) is 9.18. The molecule has 0 N–H and O–H groups in total. The molecule has 0 saturated carbocycles. The summed E-state index contributed by atoms with van der Waals surface area (Å²) in [5, 5.41) is 2.40. The van der Waals surface area contributed by atoms with Crippen LogP contribution in [0, 0.1) is 6.92 Å². The summed E-state index contributed by atoms with van der Waals surface area (Å²) in [7, 11) is 0. The van der Waals surface area contributed by atoms with Crippen molar-refractivity contribution >= 4 is 39.3 Å². The van der Waals surface area contributed by atoms with Gasteiger partial charge in [-0.05, 0) is 57.1 Å². The summed E-state index contributed by atoms with van der Waals surface area (Å²) in [4.78, 5) is 1.01. The Labute approximate surface area is 127 Å². The van der Waals surface area contributed by atoms with Crippen molar-refractivity contribution in [3.05, 3.63) is 64.6 Å². The van der Waals surface area contributed by atoms with Crippen LogP contribution in [-0.4, -0.2) is 0 Å². The van der Waals surface area contributed by atoms with Crippen LogP contribution in [0.5, 0.6) is 0 Å². The highest BCUT2D eigenvalue weighted by Crippen LogP contribution is 2.38. The lowest BCUT2D eigenvalue weighted by atomic mass is 9.96. The molecule has 0 fully saturated rings. The molecule has 2 heteroatoms. The van der Waals surface area contributed by atoms with Gasteiger partial charge in [0.1, 0.15) is 0 Å². The van der Waals surface area contributed by atoms with Gasteiger partial charge in [0.25, 0.3) is 0 Å². The molecule has 19 heavy (non-hydrogen) atoms. The second-order valence-corrected chi connectivity index (χ2v) is 5.88. The fourth-order valence-electron chi connectivity index (χ4n) is 2.40. The van der Waals surface area contributed by atoms with E-state index in [4.69, 9.17) is 0 Å². The van der Waals surface area contributed by atoms with Gasteiger partial charge in [0, 0.05) is 14.8 Å². The molecule has 3 aromatic rings. The number of hydrogen-bond acceptors (Lipinski definition) is 1. The Balaban J connectivity index is 2.37. The number of benzene rings is 3. The summed E-state index contributed by atoms with van der Waals surface area (Å²) >= 11 is 8.29. The normalized spacial score (nSPS) is 10.9. The van der Waals surface area contributed by atoms with E-state index in [1.54, 1.807) is 0 Å². The maximum absolute atomic E-state index is 4.56. The lowest BCUT2D eigenvalue weighted by Gasteiger charge is -2.13. The molecule has 0 heterocycles. The van der Waals surface area contributed by atoms with Crippen LogP contribution < -0.4 is 0 Å². The summed E-state index contributed by atoms with van der Waals surface area (Å²) in [5.74, 6) is 0. The van der Waals surface area contributed by atoms with Crippen LogP contribution in [0.1, 0.15) is 5.56 Å². The molecule has 0 amide bonds. The highest BCUT2D eigenvalue weighted by molar-refractivity contribution is 9.10. The Bertz CT molecular complexity index is 748. The van der Waals surface area contributed by atoms with Crippen LogP contribution in [0.3, 0.4) is 0 Å². The van der Waals surface area contributed by atoms with Gasteiger partial charge in [0.15, 0.2) is 0 Å². The first kappa shape index (κ1) is 12.8. The number of hydrogen-bond donors (Lipinski definition) is 1. The molecule has 0 aliphatic rings. The molecular weight excluding hydrogens is 316 g/mol. The van der Waals surface area contributed by atoms with Gasteiger partial charge in [-0.15, -0.1) is 12.6 Å². The minimum absolute atomic E-state index is 1.01. The second kappa shape index (κ2) is 5.03. The van der Waals surface area contributed by atoms with Crippen molar-refractivity contribution in [2.24, 2.45) is 0 Å². The third-order valence-corrected chi connectivity index (χ3v) is 4.78. The zero-order valence-corrected chi connectivity index (χ0v) is 13.0. The Hall–Kier alpha value is -1.25. The number of rotatable bonds is 1. The van der Waals surface area contributed by atoms with Gasteiger partial charge < -0.3 is 0 Å². The smallest absolute Gasteiger partial charge is 0.0300 e. The lowest BCUT2D eigenvalue weighted by Crippen LogP contribution is -1.88. The third kappa shape index (κ3) is 2.19. The SMILES string of the molecule is Cc1c(-c2ccccc2)cc2cccc(S)c2c1Br. The second-order valence-electron chi connectivity index (χ2n) is 4.60. The fraction of sp³-hybridized carbons (Fsp3) is 0.0588. The topological polar surface area (TPSA) is 0 Å². The Morgan fingerprint density at radius 3 is 2.42 bits per heavy atom. The van der Waals surface area contributed by atoms with E-state index in [1.165, 1.54) is 27.5 Å². The van der Waals surface area contributed by atoms with Crippen molar-refractivity contribution in [3.63, 3.8) is 0 Å². The molecule has 94 valence electrons. The molecule has 0 unspecified atom stereocenters. The monoisotopic (exact) mass is 328 g/mol. The van der Waals surface area contributed by atoms with Crippen molar-refractivity contribution in [2.75, 3.05) is 0 Å². The van der Waals surface area contributed by atoms with Gasteiger partial charge in [-0.2, -0.15) is 0 Å². The van der Waals surface area contributed by atoms with Crippen LogP contribution in [0.2, 0.25) is 0 Å².